The van der Waals surface area contributed by atoms with Gasteiger partial charge in [0.05, 0.1) is 19.7 Å². The Morgan fingerprint density at radius 1 is 1.25 bits per heavy atom. The summed E-state index contributed by atoms with van der Waals surface area (Å²) in [7, 11) is 1.61. The molecule has 1 aromatic heterocycles. The summed E-state index contributed by atoms with van der Waals surface area (Å²) in [5.41, 5.74) is 4.27. The molecule has 5 nitrogen and oxygen atoms in total. The fourth-order valence-corrected chi connectivity index (χ4v) is 1.60. The van der Waals surface area contributed by atoms with Gasteiger partial charge in [-0.2, -0.15) is 5.10 Å². The van der Waals surface area contributed by atoms with Crippen LogP contribution in [0.15, 0.2) is 53.9 Å². The molecule has 2 rings (SSSR count). The molecule has 1 N–H and O–H groups in total. The Labute approximate surface area is 117 Å². The fourth-order valence-electron chi connectivity index (χ4n) is 1.60. The van der Waals surface area contributed by atoms with Gasteiger partial charge < -0.3 is 4.74 Å². The summed E-state index contributed by atoms with van der Waals surface area (Å²) in [5.74, 6) is 0.602. The predicted molar refractivity (Wildman–Crippen MR) is 76.7 cm³/mol. The van der Waals surface area contributed by atoms with Crippen molar-refractivity contribution in [2.45, 2.75) is 6.42 Å². The van der Waals surface area contributed by atoms with Crippen molar-refractivity contribution in [2.24, 2.45) is 5.10 Å². The second-order valence-corrected chi connectivity index (χ2v) is 4.10. The van der Waals surface area contributed by atoms with E-state index in [1.165, 1.54) is 0 Å². The molecule has 1 heterocycles. The summed E-state index contributed by atoms with van der Waals surface area (Å²) < 4.78 is 5.06. The lowest BCUT2D eigenvalue weighted by Crippen LogP contribution is -2.19. The van der Waals surface area contributed by atoms with Crippen molar-refractivity contribution in [1.29, 1.82) is 0 Å². The molecule has 2 aromatic rings. The lowest BCUT2D eigenvalue weighted by atomic mass is 10.1. The number of methoxy groups -OCH3 is 1. The molecule has 20 heavy (non-hydrogen) atoms. The number of rotatable bonds is 5. The van der Waals surface area contributed by atoms with Crippen LogP contribution in [0.3, 0.4) is 0 Å². The van der Waals surface area contributed by atoms with E-state index in [1.54, 1.807) is 37.9 Å². The smallest absolute Gasteiger partial charge is 0.244 e. The zero-order chi connectivity index (χ0) is 14.2. The van der Waals surface area contributed by atoms with Crippen LogP contribution in [0.5, 0.6) is 5.75 Å². The number of benzene rings is 1. The van der Waals surface area contributed by atoms with Crippen molar-refractivity contribution < 1.29 is 9.53 Å². The van der Waals surface area contributed by atoms with E-state index < -0.39 is 0 Å². The molecule has 102 valence electrons. The topological polar surface area (TPSA) is 63.6 Å². The maximum atomic E-state index is 11.7. The van der Waals surface area contributed by atoms with Crippen LogP contribution in [0.2, 0.25) is 0 Å². The highest BCUT2D eigenvalue weighted by Gasteiger charge is 2.02. The van der Waals surface area contributed by atoms with E-state index in [2.05, 4.69) is 15.5 Å². The minimum atomic E-state index is -0.166. The highest BCUT2D eigenvalue weighted by atomic mass is 16.5. The molecule has 0 unspecified atom stereocenters. The number of hydrogen-bond donors (Lipinski definition) is 1. The van der Waals surface area contributed by atoms with E-state index in [0.29, 0.717) is 0 Å². The quantitative estimate of drug-likeness (QED) is 0.664. The molecule has 1 aromatic carbocycles. The van der Waals surface area contributed by atoms with Gasteiger partial charge >= 0.3 is 0 Å². The Morgan fingerprint density at radius 2 is 1.95 bits per heavy atom. The van der Waals surface area contributed by atoms with Gasteiger partial charge in [0.2, 0.25) is 5.91 Å². The van der Waals surface area contributed by atoms with Crippen LogP contribution in [0, 0.1) is 0 Å². The van der Waals surface area contributed by atoms with Gasteiger partial charge in [0, 0.05) is 12.4 Å². The molecule has 0 fully saturated rings. The molecule has 0 aliphatic heterocycles. The molecule has 0 bridgehead atoms. The van der Waals surface area contributed by atoms with E-state index in [1.807, 2.05) is 24.3 Å². The van der Waals surface area contributed by atoms with Gasteiger partial charge in [0.15, 0.2) is 0 Å². The first-order chi connectivity index (χ1) is 9.78. The lowest BCUT2D eigenvalue weighted by Gasteiger charge is -2.02. The van der Waals surface area contributed by atoms with Crippen LogP contribution in [0.1, 0.15) is 11.1 Å². The number of ether oxygens (including phenoxy) is 1. The second-order valence-electron chi connectivity index (χ2n) is 4.10. The van der Waals surface area contributed by atoms with Crippen molar-refractivity contribution in [3.8, 4) is 5.75 Å². The molecular formula is C15H15N3O2. The summed E-state index contributed by atoms with van der Waals surface area (Å²) in [6.45, 7) is 0. The van der Waals surface area contributed by atoms with Gasteiger partial charge in [-0.25, -0.2) is 5.43 Å². The number of nitrogens with zero attached hydrogens (tertiary/aromatic N) is 2. The predicted octanol–water partition coefficient (Wildman–Crippen LogP) is 1.78. The molecule has 0 spiro atoms. The van der Waals surface area contributed by atoms with E-state index in [4.69, 9.17) is 4.74 Å². The Morgan fingerprint density at radius 3 is 2.60 bits per heavy atom. The molecule has 0 saturated heterocycles. The highest BCUT2D eigenvalue weighted by molar-refractivity contribution is 5.83. The first-order valence-electron chi connectivity index (χ1n) is 6.13. The third-order valence-electron chi connectivity index (χ3n) is 2.63. The molecule has 1 amide bonds. The van der Waals surface area contributed by atoms with Crippen LogP contribution in [-0.2, 0) is 11.2 Å². The van der Waals surface area contributed by atoms with Gasteiger partial charge in [-0.1, -0.05) is 12.1 Å². The van der Waals surface area contributed by atoms with Crippen LogP contribution in [0.25, 0.3) is 0 Å². The third-order valence-corrected chi connectivity index (χ3v) is 2.63. The van der Waals surface area contributed by atoms with Gasteiger partial charge in [-0.15, -0.1) is 0 Å². The van der Waals surface area contributed by atoms with Crippen molar-refractivity contribution in [1.82, 2.24) is 10.4 Å². The maximum Gasteiger partial charge on any atom is 0.244 e. The Bertz CT molecular complexity index is 580. The first-order valence-corrected chi connectivity index (χ1v) is 6.13. The number of hydrogen-bond acceptors (Lipinski definition) is 4. The van der Waals surface area contributed by atoms with Gasteiger partial charge in [-0.05, 0) is 35.4 Å². The minimum Gasteiger partial charge on any atom is -0.497 e. The van der Waals surface area contributed by atoms with E-state index >= 15 is 0 Å². The molecule has 0 aliphatic carbocycles. The number of nitrogens with one attached hydrogen (secondary N) is 1. The summed E-state index contributed by atoms with van der Waals surface area (Å²) in [5, 5.41) is 3.89. The minimum absolute atomic E-state index is 0.166. The standard InChI is InChI=1S/C15H15N3O2/c1-20-14-4-2-12(3-5-14)10-15(19)18-17-11-13-6-8-16-9-7-13/h2-9,11H,10H2,1H3,(H,18,19). The van der Waals surface area contributed by atoms with E-state index in [0.717, 1.165) is 16.9 Å². The summed E-state index contributed by atoms with van der Waals surface area (Å²) >= 11 is 0. The van der Waals surface area contributed by atoms with Gasteiger partial charge in [0.1, 0.15) is 5.75 Å². The first kappa shape index (κ1) is 13.7. The summed E-state index contributed by atoms with van der Waals surface area (Å²) in [4.78, 5) is 15.6. The summed E-state index contributed by atoms with van der Waals surface area (Å²) in [6, 6.07) is 11.0. The zero-order valence-corrected chi connectivity index (χ0v) is 11.1. The third kappa shape index (κ3) is 4.20. The Balaban J connectivity index is 1.84. The van der Waals surface area contributed by atoms with Crippen molar-refractivity contribution in [2.75, 3.05) is 7.11 Å². The van der Waals surface area contributed by atoms with Crippen LogP contribution in [-0.4, -0.2) is 24.2 Å². The highest BCUT2D eigenvalue weighted by Crippen LogP contribution is 2.11. The Hall–Kier alpha value is -2.69. The van der Waals surface area contributed by atoms with Crippen molar-refractivity contribution >= 4 is 12.1 Å². The van der Waals surface area contributed by atoms with Gasteiger partial charge in [0.25, 0.3) is 0 Å². The van der Waals surface area contributed by atoms with E-state index in [9.17, 15) is 4.79 Å². The van der Waals surface area contributed by atoms with Crippen molar-refractivity contribution in [3.63, 3.8) is 0 Å². The van der Waals surface area contributed by atoms with Crippen LogP contribution >= 0.6 is 0 Å². The normalized spacial score (nSPS) is 10.4. The Kier molecular flexibility index (Phi) is 4.83. The van der Waals surface area contributed by atoms with E-state index in [-0.39, 0.29) is 12.3 Å². The molecule has 0 atom stereocenters. The number of aromatic nitrogens is 1. The lowest BCUT2D eigenvalue weighted by molar-refractivity contribution is -0.120. The molecule has 0 saturated carbocycles. The van der Waals surface area contributed by atoms with Crippen LogP contribution in [0.4, 0.5) is 0 Å². The maximum absolute atomic E-state index is 11.7. The average Bonchev–Trinajstić information content (AvgIpc) is 2.49. The molecule has 0 aliphatic rings. The molecule has 0 radical (unpaired) electrons. The number of amides is 1. The largest absolute Gasteiger partial charge is 0.497 e. The second kappa shape index (κ2) is 7.04. The molecular weight excluding hydrogens is 254 g/mol. The van der Waals surface area contributed by atoms with Gasteiger partial charge in [-0.3, -0.25) is 9.78 Å². The number of carbonyl (C=O) groups excluding carboxylic acids is 1. The SMILES string of the molecule is COc1ccc(CC(=O)NN=Cc2ccncc2)cc1. The fraction of sp³-hybridized carbons (Fsp3) is 0.133. The van der Waals surface area contributed by atoms with Crippen molar-refractivity contribution in [3.05, 3.63) is 59.9 Å². The summed E-state index contributed by atoms with van der Waals surface area (Å²) in [6.07, 6.45) is 5.19. The number of pyridine rings is 1. The molecule has 5 heteroatoms. The number of carbonyl (C=O) groups is 1. The average molecular weight is 269 g/mol. The monoisotopic (exact) mass is 269 g/mol. The zero-order valence-electron chi connectivity index (χ0n) is 11.1. The number of hydrazone groups is 1. The van der Waals surface area contributed by atoms with Crippen LogP contribution < -0.4 is 10.2 Å².